The van der Waals surface area contributed by atoms with Crippen molar-refractivity contribution in [2.75, 3.05) is 12.9 Å². The minimum atomic E-state index is -3.27. The first-order chi connectivity index (χ1) is 8.44. The van der Waals surface area contributed by atoms with E-state index in [0.29, 0.717) is 12.2 Å². The van der Waals surface area contributed by atoms with Crippen molar-refractivity contribution in [1.82, 2.24) is 5.06 Å². The van der Waals surface area contributed by atoms with Gasteiger partial charge in [-0.15, -0.1) is 0 Å². The van der Waals surface area contributed by atoms with Gasteiger partial charge in [0.1, 0.15) is 23.3 Å². The molecule has 1 saturated heterocycles. The maximum absolute atomic E-state index is 12.0. The van der Waals surface area contributed by atoms with E-state index in [1.165, 1.54) is 7.11 Å². The Bertz CT molecular complexity index is 548. The minimum Gasteiger partial charge on any atom is -0.464 e. The zero-order valence-electron chi connectivity index (χ0n) is 10.3. The van der Waals surface area contributed by atoms with Crippen LogP contribution in [0.1, 0.15) is 17.9 Å². The first-order valence-corrected chi connectivity index (χ1v) is 7.28. The van der Waals surface area contributed by atoms with Crippen molar-refractivity contribution in [1.29, 1.82) is 0 Å². The zero-order chi connectivity index (χ0) is 13.3. The SMILES string of the molecule is CON(Cc1ccc(C)o1)C(=O)C1CCS1(=O)=O. The van der Waals surface area contributed by atoms with Crippen LogP contribution in [-0.4, -0.2) is 37.5 Å². The third kappa shape index (κ3) is 2.41. The Balaban J connectivity index is 2.07. The van der Waals surface area contributed by atoms with Crippen molar-refractivity contribution in [3.8, 4) is 0 Å². The zero-order valence-corrected chi connectivity index (χ0v) is 11.1. The average molecular weight is 273 g/mol. The van der Waals surface area contributed by atoms with E-state index in [1.54, 1.807) is 19.1 Å². The lowest BCUT2D eigenvalue weighted by molar-refractivity contribution is -0.180. The van der Waals surface area contributed by atoms with E-state index in [2.05, 4.69) is 0 Å². The first-order valence-electron chi connectivity index (χ1n) is 5.56. The van der Waals surface area contributed by atoms with Gasteiger partial charge < -0.3 is 4.42 Å². The molecular weight excluding hydrogens is 258 g/mol. The molecule has 0 N–H and O–H groups in total. The molecule has 0 radical (unpaired) electrons. The van der Waals surface area contributed by atoms with E-state index >= 15 is 0 Å². The fourth-order valence-corrected chi connectivity index (χ4v) is 3.09. The van der Waals surface area contributed by atoms with E-state index in [0.717, 1.165) is 10.8 Å². The van der Waals surface area contributed by atoms with E-state index in [1.807, 2.05) is 0 Å². The van der Waals surface area contributed by atoms with Crippen LogP contribution in [-0.2, 0) is 26.0 Å². The molecule has 1 aliphatic heterocycles. The lowest BCUT2D eigenvalue weighted by Gasteiger charge is -2.29. The van der Waals surface area contributed by atoms with Crippen LogP contribution in [0.3, 0.4) is 0 Å². The maximum atomic E-state index is 12.0. The highest BCUT2D eigenvalue weighted by molar-refractivity contribution is 7.94. The molecule has 0 aromatic carbocycles. The van der Waals surface area contributed by atoms with Gasteiger partial charge >= 0.3 is 0 Å². The van der Waals surface area contributed by atoms with Gasteiger partial charge in [-0.1, -0.05) is 0 Å². The van der Waals surface area contributed by atoms with Gasteiger partial charge in [-0.2, -0.15) is 0 Å². The van der Waals surface area contributed by atoms with Crippen molar-refractivity contribution in [2.45, 2.75) is 25.1 Å². The highest BCUT2D eigenvalue weighted by atomic mass is 32.2. The summed E-state index contributed by atoms with van der Waals surface area (Å²) < 4.78 is 28.1. The minimum absolute atomic E-state index is 0.0703. The number of rotatable bonds is 4. The molecule has 1 amide bonds. The molecule has 1 aliphatic rings. The fourth-order valence-electron chi connectivity index (χ4n) is 1.81. The summed E-state index contributed by atoms with van der Waals surface area (Å²) in [6.45, 7) is 1.90. The van der Waals surface area contributed by atoms with Gasteiger partial charge in [0.25, 0.3) is 5.91 Å². The van der Waals surface area contributed by atoms with Crippen molar-refractivity contribution in [2.24, 2.45) is 0 Å². The molecule has 0 spiro atoms. The molecule has 0 bridgehead atoms. The van der Waals surface area contributed by atoms with Gasteiger partial charge in [0, 0.05) is 0 Å². The molecule has 1 fully saturated rings. The van der Waals surface area contributed by atoms with Gasteiger partial charge in [0.05, 0.1) is 12.9 Å². The number of aryl methyl sites for hydroxylation is 1. The first kappa shape index (κ1) is 13.1. The molecule has 1 aromatic rings. The quantitative estimate of drug-likeness (QED) is 0.753. The molecule has 6 nitrogen and oxygen atoms in total. The van der Waals surface area contributed by atoms with Crippen LogP contribution in [0, 0.1) is 6.92 Å². The van der Waals surface area contributed by atoms with E-state index < -0.39 is 21.0 Å². The Morgan fingerprint density at radius 3 is 2.67 bits per heavy atom. The molecule has 2 heterocycles. The molecule has 1 aromatic heterocycles. The van der Waals surface area contributed by atoms with Gasteiger partial charge in [-0.05, 0) is 25.5 Å². The largest absolute Gasteiger partial charge is 0.464 e. The Labute approximate surface area is 105 Å². The molecule has 18 heavy (non-hydrogen) atoms. The van der Waals surface area contributed by atoms with E-state index in [4.69, 9.17) is 9.25 Å². The molecule has 100 valence electrons. The van der Waals surface area contributed by atoms with Crippen molar-refractivity contribution in [3.05, 3.63) is 23.7 Å². The Hall–Kier alpha value is -1.34. The summed E-state index contributed by atoms with van der Waals surface area (Å²) in [5.41, 5.74) is 0. The summed E-state index contributed by atoms with van der Waals surface area (Å²) in [7, 11) is -1.93. The number of amides is 1. The van der Waals surface area contributed by atoms with Crippen LogP contribution in [0.2, 0.25) is 0 Å². The highest BCUT2D eigenvalue weighted by Gasteiger charge is 2.43. The molecular formula is C11H15NO5S. The lowest BCUT2D eigenvalue weighted by Crippen LogP contribution is -2.49. The van der Waals surface area contributed by atoms with E-state index in [-0.39, 0.29) is 12.3 Å². The molecule has 0 aliphatic carbocycles. The topological polar surface area (TPSA) is 76.8 Å². The Morgan fingerprint density at radius 1 is 1.56 bits per heavy atom. The van der Waals surface area contributed by atoms with Crippen molar-refractivity contribution < 1.29 is 22.5 Å². The fraction of sp³-hybridized carbons (Fsp3) is 0.545. The number of sulfone groups is 1. The van der Waals surface area contributed by atoms with Crippen LogP contribution < -0.4 is 0 Å². The molecule has 1 unspecified atom stereocenters. The average Bonchev–Trinajstić information content (AvgIpc) is 2.70. The second-order valence-electron chi connectivity index (χ2n) is 4.21. The summed E-state index contributed by atoms with van der Waals surface area (Å²) in [6, 6.07) is 3.50. The van der Waals surface area contributed by atoms with Crippen molar-refractivity contribution in [3.63, 3.8) is 0 Å². The smallest absolute Gasteiger partial charge is 0.264 e. The van der Waals surface area contributed by atoms with E-state index in [9.17, 15) is 13.2 Å². The molecule has 0 saturated carbocycles. The van der Waals surface area contributed by atoms with Crippen LogP contribution in [0.5, 0.6) is 0 Å². The predicted octanol–water partition coefficient (Wildman–Crippen LogP) is 0.665. The summed E-state index contributed by atoms with van der Waals surface area (Å²) in [4.78, 5) is 16.9. The summed E-state index contributed by atoms with van der Waals surface area (Å²) in [5.74, 6) is 0.822. The third-order valence-electron chi connectivity index (χ3n) is 2.94. The molecule has 1 atom stereocenters. The Kier molecular flexibility index (Phi) is 3.45. The van der Waals surface area contributed by atoms with Crippen LogP contribution in [0.25, 0.3) is 0 Å². The predicted molar refractivity (Wildman–Crippen MR) is 63.2 cm³/mol. The second-order valence-corrected chi connectivity index (χ2v) is 6.52. The number of hydrogen-bond acceptors (Lipinski definition) is 5. The number of hydroxylamine groups is 2. The van der Waals surface area contributed by atoms with Gasteiger partial charge in [-0.3, -0.25) is 9.63 Å². The van der Waals surface area contributed by atoms with Crippen LogP contribution >= 0.6 is 0 Å². The number of furan rings is 1. The van der Waals surface area contributed by atoms with Gasteiger partial charge in [0.15, 0.2) is 9.84 Å². The molecule has 7 heteroatoms. The van der Waals surface area contributed by atoms with Gasteiger partial charge in [0.2, 0.25) is 0 Å². The summed E-state index contributed by atoms with van der Waals surface area (Å²) >= 11 is 0. The summed E-state index contributed by atoms with van der Waals surface area (Å²) in [5, 5.41) is 0.0631. The molecule has 2 rings (SSSR count). The highest BCUT2D eigenvalue weighted by Crippen LogP contribution is 2.23. The second kappa shape index (κ2) is 4.74. The third-order valence-corrected chi connectivity index (χ3v) is 5.04. The maximum Gasteiger partial charge on any atom is 0.264 e. The summed E-state index contributed by atoms with van der Waals surface area (Å²) in [6.07, 6.45) is 0.359. The van der Waals surface area contributed by atoms with Crippen LogP contribution in [0.4, 0.5) is 0 Å². The number of nitrogens with zero attached hydrogens (tertiary/aromatic N) is 1. The number of carbonyl (C=O) groups excluding carboxylic acids is 1. The van der Waals surface area contributed by atoms with Crippen LogP contribution in [0.15, 0.2) is 16.5 Å². The van der Waals surface area contributed by atoms with Gasteiger partial charge in [-0.25, -0.2) is 13.5 Å². The monoisotopic (exact) mass is 273 g/mol. The Morgan fingerprint density at radius 2 is 2.28 bits per heavy atom. The normalized spacial score (nSPS) is 21.3. The number of hydrogen-bond donors (Lipinski definition) is 0. The number of carbonyl (C=O) groups is 1. The van der Waals surface area contributed by atoms with Crippen molar-refractivity contribution >= 4 is 15.7 Å². The lowest BCUT2D eigenvalue weighted by atomic mass is 10.3. The standard InChI is InChI=1S/C11H15NO5S/c1-8-3-4-9(17-8)7-12(16-2)11(13)10-5-6-18(10,14)15/h3-4,10H,5-7H2,1-2H3.